The zero-order chi connectivity index (χ0) is 23.8. The summed E-state index contributed by atoms with van der Waals surface area (Å²) in [6, 6.07) is 20.3. The number of amides is 1. The highest BCUT2D eigenvalue weighted by Gasteiger charge is 2.19. The number of rotatable bonds is 8. The first kappa shape index (κ1) is 25.2. The van der Waals surface area contributed by atoms with Gasteiger partial charge in [0.25, 0.3) is 0 Å². The summed E-state index contributed by atoms with van der Waals surface area (Å²) in [5, 5.41) is 10.2. The number of methoxy groups -OCH3 is 1. The van der Waals surface area contributed by atoms with Crippen LogP contribution in [0, 0.1) is 0 Å². The minimum atomic E-state index is -0.284. The quantitative estimate of drug-likeness (QED) is 0.214. The molecule has 0 bridgehead atoms. The van der Waals surface area contributed by atoms with E-state index >= 15 is 0 Å². The van der Waals surface area contributed by atoms with E-state index in [-0.39, 0.29) is 11.2 Å². The van der Waals surface area contributed by atoms with Crippen LogP contribution in [0.5, 0.6) is 5.75 Å². The zero-order valence-electron chi connectivity index (χ0n) is 18.0. The third-order valence-electron chi connectivity index (χ3n) is 4.58. The number of nitrogens with one attached hydrogen (secondary N) is 3. The van der Waals surface area contributed by atoms with E-state index in [1.807, 2.05) is 55.5 Å². The highest BCUT2D eigenvalue weighted by atomic mass is 35.5. The molecule has 0 aliphatic heterocycles. The van der Waals surface area contributed by atoms with Crippen molar-refractivity contribution in [3.8, 4) is 5.75 Å². The second-order valence-corrected chi connectivity index (χ2v) is 9.44. The Bertz CT molecular complexity index is 1140. The molecule has 0 aromatic heterocycles. The number of carbonyl (C=O) groups excluding carboxylic acids is 1. The van der Waals surface area contributed by atoms with Gasteiger partial charge < -0.3 is 20.7 Å². The molecule has 5 nitrogen and oxygen atoms in total. The molecule has 3 aromatic rings. The zero-order valence-corrected chi connectivity index (χ0v) is 21.2. The largest absolute Gasteiger partial charge is 0.495 e. The number of carbonyl (C=O) groups is 1. The molecule has 1 atom stereocenters. The number of hydrogen-bond donors (Lipinski definition) is 3. The summed E-state index contributed by atoms with van der Waals surface area (Å²) in [6.45, 7) is 1.97. The van der Waals surface area contributed by atoms with E-state index in [1.54, 1.807) is 25.3 Å². The van der Waals surface area contributed by atoms with Crippen molar-refractivity contribution in [2.45, 2.75) is 23.5 Å². The number of halogens is 2. The lowest BCUT2D eigenvalue weighted by Gasteiger charge is -2.16. The lowest BCUT2D eigenvalue weighted by atomic mass is 10.2. The number of benzene rings is 3. The van der Waals surface area contributed by atoms with Gasteiger partial charge in [-0.15, -0.1) is 11.8 Å². The van der Waals surface area contributed by atoms with Crippen LogP contribution < -0.4 is 20.7 Å². The van der Waals surface area contributed by atoms with E-state index in [4.69, 9.17) is 40.2 Å². The van der Waals surface area contributed by atoms with Gasteiger partial charge in [0.2, 0.25) is 5.91 Å². The van der Waals surface area contributed by atoms with Crippen LogP contribution in [0.2, 0.25) is 10.0 Å². The van der Waals surface area contributed by atoms with Crippen LogP contribution in [0.1, 0.15) is 13.3 Å². The Hall–Kier alpha value is -2.45. The first-order valence-corrected chi connectivity index (χ1v) is 12.2. The predicted octanol–water partition coefficient (Wildman–Crippen LogP) is 7.32. The minimum absolute atomic E-state index is 0.104. The second kappa shape index (κ2) is 12.1. The van der Waals surface area contributed by atoms with Crippen molar-refractivity contribution < 1.29 is 9.53 Å². The molecule has 0 aliphatic carbocycles. The van der Waals surface area contributed by atoms with Crippen molar-refractivity contribution in [2.24, 2.45) is 0 Å². The monoisotopic (exact) mass is 519 g/mol. The second-order valence-electron chi connectivity index (χ2n) is 6.94. The number of ether oxygens (including phenoxy) is 1. The van der Waals surface area contributed by atoms with Gasteiger partial charge in [-0.2, -0.15) is 0 Å². The molecular weight excluding hydrogens is 497 g/mol. The van der Waals surface area contributed by atoms with Crippen LogP contribution in [0.4, 0.5) is 17.1 Å². The molecule has 0 spiro atoms. The van der Waals surface area contributed by atoms with E-state index in [9.17, 15) is 4.79 Å². The molecule has 9 heteroatoms. The fourth-order valence-electron chi connectivity index (χ4n) is 2.96. The van der Waals surface area contributed by atoms with E-state index in [1.165, 1.54) is 11.8 Å². The smallest absolute Gasteiger partial charge is 0.237 e. The van der Waals surface area contributed by atoms with E-state index in [0.29, 0.717) is 33.0 Å². The summed E-state index contributed by atoms with van der Waals surface area (Å²) in [7, 11) is 1.61. The molecule has 0 saturated heterocycles. The summed E-state index contributed by atoms with van der Waals surface area (Å²) in [5.41, 5.74) is 2.19. The number of thiocarbonyl (C=S) groups is 1. The van der Waals surface area contributed by atoms with Crippen molar-refractivity contribution in [3.05, 3.63) is 76.8 Å². The molecule has 3 aromatic carbocycles. The molecule has 33 heavy (non-hydrogen) atoms. The van der Waals surface area contributed by atoms with Gasteiger partial charge in [-0.1, -0.05) is 48.3 Å². The fourth-order valence-corrected chi connectivity index (χ4v) is 4.50. The normalized spacial score (nSPS) is 11.4. The standard InChI is InChI=1S/C24H23Cl2N3O2S2/c1-3-22(23(30)27-16-11-12-18(25)19(26)14-16)33-17-8-6-7-15(13-17)28-24(32)29-20-9-4-5-10-21(20)31-2/h4-14,22H,3H2,1-2H3,(H,27,30)(H2,28,29,32). The van der Waals surface area contributed by atoms with Crippen LogP contribution in [-0.2, 0) is 4.79 Å². The van der Waals surface area contributed by atoms with Crippen molar-refractivity contribution in [1.82, 2.24) is 0 Å². The van der Waals surface area contributed by atoms with Crippen molar-refractivity contribution in [3.63, 3.8) is 0 Å². The summed E-state index contributed by atoms with van der Waals surface area (Å²) in [6.07, 6.45) is 0.656. The minimum Gasteiger partial charge on any atom is -0.495 e. The molecule has 1 unspecified atom stereocenters. The molecule has 0 aliphatic rings. The Kier molecular flexibility index (Phi) is 9.26. The molecule has 172 valence electrons. The molecule has 0 fully saturated rings. The molecule has 3 rings (SSSR count). The first-order chi connectivity index (χ1) is 15.9. The van der Waals surface area contributed by atoms with Crippen LogP contribution in [0.15, 0.2) is 71.6 Å². The van der Waals surface area contributed by atoms with Crippen LogP contribution >= 0.6 is 47.2 Å². The summed E-state index contributed by atoms with van der Waals surface area (Å²) in [5.74, 6) is 0.595. The van der Waals surface area contributed by atoms with Crippen molar-refractivity contribution in [2.75, 3.05) is 23.1 Å². The van der Waals surface area contributed by atoms with Gasteiger partial charge in [0.05, 0.1) is 28.1 Å². The summed E-state index contributed by atoms with van der Waals surface area (Å²) in [4.78, 5) is 13.7. The maximum Gasteiger partial charge on any atom is 0.237 e. The van der Waals surface area contributed by atoms with Gasteiger partial charge in [-0.3, -0.25) is 4.79 Å². The average Bonchev–Trinajstić information content (AvgIpc) is 2.80. The molecule has 0 heterocycles. The highest BCUT2D eigenvalue weighted by molar-refractivity contribution is 8.00. The van der Waals surface area contributed by atoms with E-state index in [0.717, 1.165) is 16.3 Å². The molecular formula is C24H23Cl2N3O2S2. The topological polar surface area (TPSA) is 62.4 Å². The Balaban J connectivity index is 1.63. The van der Waals surface area contributed by atoms with Gasteiger partial charge >= 0.3 is 0 Å². The van der Waals surface area contributed by atoms with Crippen LogP contribution in [-0.4, -0.2) is 23.4 Å². The Morgan fingerprint density at radius 3 is 2.45 bits per heavy atom. The van der Waals surface area contributed by atoms with Gasteiger partial charge in [-0.05, 0) is 67.2 Å². The number of hydrogen-bond acceptors (Lipinski definition) is 4. The number of anilines is 3. The van der Waals surface area contributed by atoms with E-state index in [2.05, 4.69) is 16.0 Å². The molecule has 3 N–H and O–H groups in total. The number of para-hydroxylation sites is 2. The Morgan fingerprint density at radius 1 is 0.970 bits per heavy atom. The summed E-state index contributed by atoms with van der Waals surface area (Å²) < 4.78 is 5.34. The molecule has 0 radical (unpaired) electrons. The van der Waals surface area contributed by atoms with E-state index < -0.39 is 0 Å². The van der Waals surface area contributed by atoms with Gasteiger partial charge in [0.15, 0.2) is 5.11 Å². The maximum absolute atomic E-state index is 12.8. The summed E-state index contributed by atoms with van der Waals surface area (Å²) >= 11 is 18.9. The lowest BCUT2D eigenvalue weighted by Crippen LogP contribution is -2.24. The van der Waals surface area contributed by atoms with Gasteiger partial charge in [-0.25, -0.2) is 0 Å². The first-order valence-electron chi connectivity index (χ1n) is 10.1. The fraction of sp³-hybridized carbons (Fsp3) is 0.167. The van der Waals surface area contributed by atoms with Crippen molar-refractivity contribution >= 4 is 75.3 Å². The molecule has 0 saturated carbocycles. The van der Waals surface area contributed by atoms with Crippen molar-refractivity contribution in [1.29, 1.82) is 0 Å². The predicted molar refractivity (Wildman–Crippen MR) is 144 cm³/mol. The van der Waals surface area contributed by atoms with Gasteiger partial charge in [0, 0.05) is 16.3 Å². The van der Waals surface area contributed by atoms with Crippen LogP contribution in [0.25, 0.3) is 0 Å². The van der Waals surface area contributed by atoms with Crippen LogP contribution in [0.3, 0.4) is 0 Å². The maximum atomic E-state index is 12.8. The molecule has 1 amide bonds. The number of thioether (sulfide) groups is 1. The highest BCUT2D eigenvalue weighted by Crippen LogP contribution is 2.30. The third-order valence-corrected chi connectivity index (χ3v) is 6.88. The third kappa shape index (κ3) is 7.27. The SMILES string of the molecule is CCC(Sc1cccc(NC(=S)Nc2ccccc2OC)c1)C(=O)Nc1ccc(Cl)c(Cl)c1. The lowest BCUT2D eigenvalue weighted by molar-refractivity contribution is -0.115. The average molecular weight is 521 g/mol. The Labute approximate surface area is 213 Å². The van der Waals surface area contributed by atoms with Gasteiger partial charge in [0.1, 0.15) is 5.75 Å². The Morgan fingerprint density at radius 2 is 1.73 bits per heavy atom.